The van der Waals surface area contributed by atoms with E-state index in [1.165, 1.54) is 7.05 Å². The molecule has 1 aromatic carbocycles. The summed E-state index contributed by atoms with van der Waals surface area (Å²) in [4.78, 5) is 4.31. The minimum Gasteiger partial charge on any atom is -0.383 e. The van der Waals surface area contributed by atoms with E-state index in [9.17, 15) is 8.42 Å². The van der Waals surface area contributed by atoms with Crippen LogP contribution in [-0.2, 0) is 21.3 Å². The Balaban J connectivity index is 2.65. The smallest absolute Gasteiger partial charge is 0.240 e. The van der Waals surface area contributed by atoms with Gasteiger partial charge in [0.05, 0.1) is 11.5 Å². The first-order chi connectivity index (χ1) is 10.0. The topological polar surface area (TPSA) is 91.8 Å². The van der Waals surface area contributed by atoms with Gasteiger partial charge >= 0.3 is 0 Å². The van der Waals surface area contributed by atoms with Crippen molar-refractivity contribution < 1.29 is 13.2 Å². The van der Waals surface area contributed by atoms with Crippen LogP contribution in [0.25, 0.3) is 0 Å². The van der Waals surface area contributed by atoms with Crippen LogP contribution in [0.2, 0.25) is 0 Å². The second-order valence-corrected chi connectivity index (χ2v) is 6.09. The van der Waals surface area contributed by atoms with Crippen molar-refractivity contribution in [3.8, 4) is 0 Å². The summed E-state index contributed by atoms with van der Waals surface area (Å²) < 4.78 is 30.7. The Bertz CT molecular complexity index is 573. The summed E-state index contributed by atoms with van der Waals surface area (Å²) in [5, 5.41) is 6.19. The van der Waals surface area contributed by atoms with Crippen LogP contribution < -0.4 is 15.4 Å². The monoisotopic (exact) mass is 314 g/mol. The van der Waals surface area contributed by atoms with Crippen LogP contribution in [0.5, 0.6) is 0 Å². The number of benzene rings is 1. The van der Waals surface area contributed by atoms with Gasteiger partial charge in [0.2, 0.25) is 10.0 Å². The molecule has 0 amide bonds. The largest absolute Gasteiger partial charge is 0.383 e. The number of ether oxygens (including phenoxy) is 1. The fraction of sp³-hybridized carbons (Fsp3) is 0.462. The molecule has 0 aliphatic heterocycles. The van der Waals surface area contributed by atoms with E-state index in [0.717, 1.165) is 5.56 Å². The Kier molecular flexibility index (Phi) is 7.13. The third-order valence-corrected chi connectivity index (χ3v) is 4.17. The summed E-state index contributed by atoms with van der Waals surface area (Å²) in [5.41, 5.74) is 0.848. The Morgan fingerprint density at radius 1 is 1.33 bits per heavy atom. The van der Waals surface area contributed by atoms with Gasteiger partial charge in [-0.3, -0.25) is 4.99 Å². The van der Waals surface area contributed by atoms with Crippen molar-refractivity contribution in [1.82, 2.24) is 15.4 Å². The number of methoxy groups -OCH3 is 1. The molecular formula is C13H22N4O3S. The van der Waals surface area contributed by atoms with E-state index in [1.54, 1.807) is 32.4 Å². The van der Waals surface area contributed by atoms with Crippen LogP contribution in [0.1, 0.15) is 5.56 Å². The summed E-state index contributed by atoms with van der Waals surface area (Å²) in [6.07, 6.45) is 0. The number of nitrogens with one attached hydrogen (secondary N) is 3. The standard InChI is InChI=1S/C13H22N4O3S/c1-14-13(16-7-8-20-3)17-10-11-5-4-6-12(9-11)21(18,19)15-2/h4-6,9,15H,7-8,10H2,1-3H3,(H2,14,16,17). The molecule has 1 aromatic rings. The maximum absolute atomic E-state index is 11.7. The molecule has 118 valence electrons. The number of guanidine groups is 1. The Morgan fingerprint density at radius 3 is 2.71 bits per heavy atom. The highest BCUT2D eigenvalue weighted by molar-refractivity contribution is 7.89. The van der Waals surface area contributed by atoms with Gasteiger partial charge in [-0.05, 0) is 24.7 Å². The normalized spacial score (nSPS) is 12.2. The third kappa shape index (κ3) is 5.70. The highest BCUT2D eigenvalue weighted by atomic mass is 32.2. The summed E-state index contributed by atoms with van der Waals surface area (Å²) >= 11 is 0. The predicted octanol–water partition coefficient (Wildman–Crippen LogP) is -0.0939. The summed E-state index contributed by atoms with van der Waals surface area (Å²) in [6, 6.07) is 6.74. The quantitative estimate of drug-likeness (QED) is 0.371. The van der Waals surface area contributed by atoms with Crippen molar-refractivity contribution >= 4 is 16.0 Å². The zero-order valence-electron chi connectivity index (χ0n) is 12.5. The Hall–Kier alpha value is -1.64. The van der Waals surface area contributed by atoms with Gasteiger partial charge in [-0.2, -0.15) is 0 Å². The molecule has 0 heterocycles. The zero-order valence-corrected chi connectivity index (χ0v) is 13.3. The van der Waals surface area contributed by atoms with Crippen molar-refractivity contribution in [2.45, 2.75) is 11.4 Å². The molecule has 0 aliphatic carbocycles. The molecule has 21 heavy (non-hydrogen) atoms. The van der Waals surface area contributed by atoms with Gasteiger partial charge in [-0.25, -0.2) is 13.1 Å². The van der Waals surface area contributed by atoms with Crippen LogP contribution in [-0.4, -0.2) is 48.7 Å². The SMILES string of the molecule is CN=C(NCCOC)NCc1cccc(S(=O)(=O)NC)c1. The molecule has 0 bridgehead atoms. The molecule has 0 spiro atoms. The lowest BCUT2D eigenvalue weighted by Gasteiger charge is -2.12. The molecule has 0 saturated heterocycles. The Labute approximate surface area is 125 Å². The molecule has 3 N–H and O–H groups in total. The zero-order chi connectivity index (χ0) is 15.7. The van der Waals surface area contributed by atoms with E-state index < -0.39 is 10.0 Å². The number of sulfonamides is 1. The lowest BCUT2D eigenvalue weighted by Crippen LogP contribution is -2.38. The van der Waals surface area contributed by atoms with E-state index in [1.807, 2.05) is 6.07 Å². The first kappa shape index (κ1) is 17.4. The second kappa shape index (κ2) is 8.60. The van der Waals surface area contributed by atoms with Crippen molar-refractivity contribution in [2.75, 3.05) is 34.4 Å². The summed E-state index contributed by atoms with van der Waals surface area (Å²) in [7, 11) is 1.27. The van der Waals surface area contributed by atoms with Crippen molar-refractivity contribution in [3.63, 3.8) is 0 Å². The number of hydrogen-bond acceptors (Lipinski definition) is 4. The molecule has 0 aliphatic rings. The average Bonchev–Trinajstić information content (AvgIpc) is 2.51. The van der Waals surface area contributed by atoms with Gasteiger partial charge in [0.15, 0.2) is 5.96 Å². The molecule has 0 radical (unpaired) electrons. The van der Waals surface area contributed by atoms with Crippen LogP contribution in [0.3, 0.4) is 0 Å². The molecular weight excluding hydrogens is 292 g/mol. The molecule has 0 saturated carbocycles. The third-order valence-electron chi connectivity index (χ3n) is 2.76. The predicted molar refractivity (Wildman–Crippen MR) is 82.8 cm³/mol. The summed E-state index contributed by atoms with van der Waals surface area (Å²) in [5.74, 6) is 0.633. The van der Waals surface area contributed by atoms with Gasteiger partial charge in [0.25, 0.3) is 0 Å². The van der Waals surface area contributed by atoms with Crippen LogP contribution in [0.4, 0.5) is 0 Å². The van der Waals surface area contributed by atoms with Crippen molar-refractivity contribution in [1.29, 1.82) is 0 Å². The van der Waals surface area contributed by atoms with Crippen molar-refractivity contribution in [3.05, 3.63) is 29.8 Å². The minimum atomic E-state index is -3.42. The molecule has 8 heteroatoms. The molecule has 0 unspecified atom stereocenters. The van der Waals surface area contributed by atoms with E-state index >= 15 is 0 Å². The fourth-order valence-corrected chi connectivity index (χ4v) is 2.42. The minimum absolute atomic E-state index is 0.242. The van der Waals surface area contributed by atoms with Gasteiger partial charge < -0.3 is 15.4 Å². The van der Waals surface area contributed by atoms with E-state index in [2.05, 4.69) is 20.3 Å². The number of hydrogen-bond donors (Lipinski definition) is 3. The lowest BCUT2D eigenvalue weighted by molar-refractivity contribution is 0.203. The van der Waals surface area contributed by atoms with E-state index in [-0.39, 0.29) is 4.90 Å². The van der Waals surface area contributed by atoms with Crippen LogP contribution in [0, 0.1) is 0 Å². The number of nitrogens with zero attached hydrogens (tertiary/aromatic N) is 1. The molecule has 0 atom stereocenters. The van der Waals surface area contributed by atoms with Gasteiger partial charge in [0.1, 0.15) is 0 Å². The fourth-order valence-electron chi connectivity index (χ4n) is 1.62. The molecule has 0 fully saturated rings. The van der Waals surface area contributed by atoms with Gasteiger partial charge in [-0.1, -0.05) is 12.1 Å². The summed E-state index contributed by atoms with van der Waals surface area (Å²) in [6.45, 7) is 1.70. The first-order valence-electron chi connectivity index (χ1n) is 6.49. The number of rotatable bonds is 7. The highest BCUT2D eigenvalue weighted by Gasteiger charge is 2.11. The maximum Gasteiger partial charge on any atom is 0.240 e. The van der Waals surface area contributed by atoms with Crippen molar-refractivity contribution in [2.24, 2.45) is 4.99 Å². The van der Waals surface area contributed by atoms with E-state index in [4.69, 9.17) is 4.74 Å². The second-order valence-electron chi connectivity index (χ2n) is 4.20. The highest BCUT2D eigenvalue weighted by Crippen LogP contribution is 2.10. The van der Waals surface area contributed by atoms with Gasteiger partial charge in [-0.15, -0.1) is 0 Å². The molecule has 7 nitrogen and oxygen atoms in total. The molecule has 1 rings (SSSR count). The Morgan fingerprint density at radius 2 is 2.10 bits per heavy atom. The average molecular weight is 314 g/mol. The lowest BCUT2D eigenvalue weighted by atomic mass is 10.2. The van der Waals surface area contributed by atoms with E-state index in [0.29, 0.717) is 25.7 Å². The number of aliphatic imine (C=N–C) groups is 1. The molecule has 0 aromatic heterocycles. The van der Waals surface area contributed by atoms with Gasteiger partial charge in [0, 0.05) is 27.2 Å². The van der Waals surface area contributed by atoms with Crippen LogP contribution >= 0.6 is 0 Å². The maximum atomic E-state index is 11.7. The first-order valence-corrected chi connectivity index (χ1v) is 7.97. The van der Waals surface area contributed by atoms with Crippen LogP contribution in [0.15, 0.2) is 34.2 Å².